The van der Waals surface area contributed by atoms with Crippen LogP contribution in [0.4, 0.5) is 19.0 Å². The number of fused-ring (bicyclic) bond motifs is 6. The molecule has 7 heterocycles. The number of hydrogen-bond acceptors (Lipinski definition) is 9. The van der Waals surface area contributed by atoms with Gasteiger partial charge in [0.15, 0.2) is 11.6 Å². The van der Waals surface area contributed by atoms with Gasteiger partial charge in [0.05, 0.1) is 44.4 Å². The van der Waals surface area contributed by atoms with E-state index in [4.69, 9.17) is 30.8 Å². The molecule has 9 rings (SSSR count). The molecule has 0 amide bonds. The molecule has 0 saturated carbocycles. The van der Waals surface area contributed by atoms with Crippen molar-refractivity contribution < 1.29 is 27.4 Å². The lowest BCUT2D eigenvalue weighted by Crippen LogP contribution is -2.43. The first kappa shape index (κ1) is 28.8. The Morgan fingerprint density at radius 2 is 2.13 bits per heavy atom. The minimum atomic E-state index is -0.927. The topological polar surface area (TPSA) is 83.7 Å². The summed E-state index contributed by atoms with van der Waals surface area (Å²) in [5, 5.41) is 10.6. The van der Waals surface area contributed by atoms with E-state index in [1.165, 1.54) is 12.1 Å². The summed E-state index contributed by atoms with van der Waals surface area (Å²) in [6.07, 6.45) is 2.69. The van der Waals surface area contributed by atoms with Gasteiger partial charge in [-0.05, 0) is 50.8 Å². The molecule has 13 heteroatoms. The van der Waals surface area contributed by atoms with E-state index >= 15 is 8.78 Å². The third kappa shape index (κ3) is 3.98. The van der Waals surface area contributed by atoms with Crippen molar-refractivity contribution in [2.24, 2.45) is 0 Å². The molecule has 46 heavy (non-hydrogen) atoms. The molecule has 0 radical (unpaired) electrons. The molecule has 5 aliphatic heterocycles. The number of ether oxygens (including phenoxy) is 3. The van der Waals surface area contributed by atoms with E-state index in [1.54, 1.807) is 6.92 Å². The van der Waals surface area contributed by atoms with Gasteiger partial charge < -0.3 is 19.1 Å². The Morgan fingerprint density at radius 3 is 2.98 bits per heavy atom. The Kier molecular flexibility index (Phi) is 6.46. The van der Waals surface area contributed by atoms with Crippen molar-refractivity contribution in [3.8, 4) is 29.0 Å². The van der Waals surface area contributed by atoms with E-state index in [0.717, 1.165) is 37.1 Å². The third-order valence-electron chi connectivity index (χ3n) is 10.6. The summed E-state index contributed by atoms with van der Waals surface area (Å²) in [5.74, 6) is -0.549. The molecule has 4 saturated heterocycles. The van der Waals surface area contributed by atoms with Gasteiger partial charge in [-0.2, -0.15) is 15.2 Å². The van der Waals surface area contributed by atoms with Gasteiger partial charge in [0.2, 0.25) is 0 Å². The maximum atomic E-state index is 17.2. The van der Waals surface area contributed by atoms with Crippen LogP contribution in [0.5, 0.6) is 11.8 Å². The first-order valence-electron chi connectivity index (χ1n) is 15.7. The highest BCUT2D eigenvalue weighted by atomic mass is 35.5. The zero-order chi connectivity index (χ0) is 31.5. The van der Waals surface area contributed by atoms with E-state index in [0.29, 0.717) is 47.5 Å². The molecule has 4 fully saturated rings. The summed E-state index contributed by atoms with van der Waals surface area (Å²) >= 11 is 8.21. The molecule has 238 valence electrons. The first-order chi connectivity index (χ1) is 22.3. The second kappa shape index (κ2) is 10.3. The lowest BCUT2D eigenvalue weighted by atomic mass is 9.95. The predicted molar refractivity (Wildman–Crippen MR) is 168 cm³/mol. The minimum Gasteiger partial charge on any atom is -0.489 e. The zero-order valence-corrected chi connectivity index (χ0v) is 26.5. The maximum absolute atomic E-state index is 17.2. The van der Waals surface area contributed by atoms with Crippen LogP contribution in [0.1, 0.15) is 42.5 Å². The number of halogens is 4. The highest BCUT2D eigenvalue weighted by Crippen LogP contribution is 2.52. The minimum absolute atomic E-state index is 0.00462. The van der Waals surface area contributed by atoms with Gasteiger partial charge in [-0.3, -0.25) is 4.90 Å². The number of aryl methyl sites for hydroxylation is 1. The van der Waals surface area contributed by atoms with Crippen molar-refractivity contribution in [3.63, 3.8) is 0 Å². The fraction of sp³-hybridized carbons (Fsp3) is 0.485. The van der Waals surface area contributed by atoms with E-state index in [9.17, 15) is 9.65 Å². The first-order valence-corrected chi connectivity index (χ1v) is 16.9. The molecule has 2 aromatic heterocycles. The Bertz CT molecular complexity index is 2000. The Morgan fingerprint density at radius 1 is 1.26 bits per heavy atom. The van der Waals surface area contributed by atoms with Crippen LogP contribution in [0.25, 0.3) is 32.1 Å². The summed E-state index contributed by atoms with van der Waals surface area (Å²) in [5.41, 5.74) is 0.0175. The zero-order valence-electron chi connectivity index (χ0n) is 24.9. The van der Waals surface area contributed by atoms with Crippen molar-refractivity contribution in [2.45, 2.75) is 68.9 Å². The summed E-state index contributed by atoms with van der Waals surface area (Å²) in [7, 11) is 0. The molecule has 0 N–H and O–H groups in total. The van der Waals surface area contributed by atoms with E-state index in [-0.39, 0.29) is 75.1 Å². The van der Waals surface area contributed by atoms with Gasteiger partial charge in [-0.15, -0.1) is 11.3 Å². The van der Waals surface area contributed by atoms with E-state index < -0.39 is 23.3 Å². The summed E-state index contributed by atoms with van der Waals surface area (Å²) in [6.45, 7) is 3.98. The highest BCUT2D eigenvalue weighted by molar-refractivity contribution is 7.19. The Balaban J connectivity index is 1.27. The monoisotopic (exact) mass is 667 g/mol. The average molecular weight is 668 g/mol. The maximum Gasteiger partial charge on any atom is 0.319 e. The number of nitrogens with zero attached hydrogens (tertiary/aromatic N) is 5. The fourth-order valence-corrected chi connectivity index (χ4v) is 9.99. The molecule has 0 aliphatic carbocycles. The Labute approximate surface area is 271 Å². The Hall–Kier alpha value is -3.37. The number of hydrogen-bond donors (Lipinski definition) is 0. The summed E-state index contributed by atoms with van der Waals surface area (Å²) in [4.78, 5) is 14.4. The fourth-order valence-electron chi connectivity index (χ4n) is 8.63. The van der Waals surface area contributed by atoms with Crippen LogP contribution in [0.15, 0.2) is 12.1 Å². The van der Waals surface area contributed by atoms with Crippen LogP contribution >= 0.6 is 22.9 Å². The number of thiophene rings is 1. The molecule has 5 aliphatic rings. The molecular weight excluding hydrogens is 639 g/mol. The smallest absolute Gasteiger partial charge is 0.319 e. The lowest BCUT2D eigenvalue weighted by Gasteiger charge is -2.31. The molecule has 0 spiro atoms. The number of rotatable bonds is 4. The number of aromatic nitrogens is 2. The van der Waals surface area contributed by atoms with Crippen LogP contribution in [-0.4, -0.2) is 77.7 Å². The number of benzene rings is 2. The van der Waals surface area contributed by atoms with Gasteiger partial charge in [0.25, 0.3) is 0 Å². The lowest BCUT2D eigenvalue weighted by molar-refractivity contribution is 0.107. The number of alkyl halides is 1. The molecule has 0 unspecified atom stereocenters. The van der Waals surface area contributed by atoms with Crippen LogP contribution in [0.2, 0.25) is 5.02 Å². The molecule has 4 aromatic rings. The average Bonchev–Trinajstić information content (AvgIpc) is 3.82. The van der Waals surface area contributed by atoms with Gasteiger partial charge in [-0.25, -0.2) is 13.2 Å². The van der Waals surface area contributed by atoms with E-state index in [1.807, 2.05) is 0 Å². The third-order valence-corrected chi connectivity index (χ3v) is 12.1. The van der Waals surface area contributed by atoms with Gasteiger partial charge in [-0.1, -0.05) is 17.7 Å². The number of nitriles is 1. The second-order valence-corrected chi connectivity index (χ2v) is 14.7. The normalized spacial score (nSPS) is 28.3. The van der Waals surface area contributed by atoms with Crippen molar-refractivity contribution in [1.82, 2.24) is 14.9 Å². The standard InChI is InChI=1S/C33H29ClF3N5O3S/c1-15-19(11-38)23-18(3-4-20(36)30(23)46-15)24-26(34)29-25-28(27(24)37)39-32(45-14-33-6-2-7-41(33)12-16(35)10-33)40-31(25)42-17(13-44-29)9-22-21(42)5-8-43-22/h3-4,16-17,21-22H,2,5-10,12-14H2,1H3/t16-,17+,21+,22+,33+/m1/s1. The molecule has 5 atom stereocenters. The molecule has 8 nitrogen and oxygen atoms in total. The van der Waals surface area contributed by atoms with Crippen molar-refractivity contribution in [1.29, 1.82) is 5.26 Å². The van der Waals surface area contributed by atoms with Crippen LogP contribution in [0.3, 0.4) is 0 Å². The largest absolute Gasteiger partial charge is 0.489 e. The van der Waals surface area contributed by atoms with Gasteiger partial charge in [0.1, 0.15) is 42.6 Å². The number of anilines is 1. The molecule has 2 aromatic carbocycles. The van der Waals surface area contributed by atoms with Crippen molar-refractivity contribution in [3.05, 3.63) is 39.2 Å². The predicted octanol–water partition coefficient (Wildman–Crippen LogP) is 6.71. The van der Waals surface area contributed by atoms with Gasteiger partial charge in [0, 0.05) is 35.4 Å². The van der Waals surface area contributed by atoms with Crippen molar-refractivity contribution >= 4 is 49.7 Å². The molecule has 0 bridgehead atoms. The van der Waals surface area contributed by atoms with Crippen LogP contribution in [0, 0.1) is 29.9 Å². The van der Waals surface area contributed by atoms with E-state index in [2.05, 4.69) is 20.9 Å². The second-order valence-electron chi connectivity index (χ2n) is 13.1. The SMILES string of the molecule is Cc1sc2c(F)ccc(-c3c(Cl)c4c5c(nc(OC[C@@]67CCCN6C[C@H](F)C7)nc5c3F)N3[C@H](CO4)C[C@@H]4OCC[C@@H]43)c2c1C#N. The summed E-state index contributed by atoms with van der Waals surface area (Å²) in [6, 6.07) is 4.77. The van der Waals surface area contributed by atoms with Gasteiger partial charge >= 0.3 is 6.01 Å². The summed E-state index contributed by atoms with van der Waals surface area (Å²) < 4.78 is 65.7. The van der Waals surface area contributed by atoms with Crippen molar-refractivity contribution in [2.75, 3.05) is 37.8 Å². The quantitative estimate of drug-likeness (QED) is 0.238. The highest BCUT2D eigenvalue weighted by Gasteiger charge is 2.50. The molecular formula is C33H29ClF3N5O3S. The van der Waals surface area contributed by atoms with Crippen LogP contribution < -0.4 is 14.4 Å². The van der Waals surface area contributed by atoms with Crippen LogP contribution in [-0.2, 0) is 4.74 Å².